The number of hydrogen-bond donors (Lipinski definition) is 0. The molecule has 9 heteroatoms. The largest absolute Gasteiger partial charge is 0.454 e. The van der Waals surface area contributed by atoms with E-state index in [9.17, 15) is 23.7 Å². The lowest BCUT2D eigenvalue weighted by Gasteiger charge is -2.14. The number of carbonyl (C=O) groups is 1. The van der Waals surface area contributed by atoms with Gasteiger partial charge in [0.15, 0.2) is 0 Å². The van der Waals surface area contributed by atoms with Gasteiger partial charge in [-0.05, 0) is 36.4 Å². The topological polar surface area (TPSA) is 82.3 Å². The van der Waals surface area contributed by atoms with Gasteiger partial charge < -0.3 is 4.74 Å². The first-order valence-electron chi connectivity index (χ1n) is 6.73. The van der Waals surface area contributed by atoms with Crippen LogP contribution >= 0.6 is 11.8 Å². The molecule has 0 saturated heterocycles. The van der Waals surface area contributed by atoms with Crippen molar-refractivity contribution in [2.24, 2.45) is 0 Å². The maximum absolute atomic E-state index is 12.5. The average molecular weight is 354 g/mol. The summed E-state index contributed by atoms with van der Waals surface area (Å²) >= 11 is 0.148. The number of pyridine rings is 1. The molecular formula is C15H12F2N2O4S. The van der Waals surface area contributed by atoms with Crippen LogP contribution in [0.1, 0.15) is 28.9 Å². The molecule has 126 valence electrons. The summed E-state index contributed by atoms with van der Waals surface area (Å²) in [4.78, 5) is 26.2. The van der Waals surface area contributed by atoms with Gasteiger partial charge in [-0.2, -0.15) is 8.78 Å². The molecule has 2 rings (SSSR count). The van der Waals surface area contributed by atoms with E-state index in [0.29, 0.717) is 5.56 Å². The molecule has 0 fully saturated rings. The Morgan fingerprint density at radius 3 is 2.75 bits per heavy atom. The number of halogens is 2. The van der Waals surface area contributed by atoms with Crippen LogP contribution in [0.4, 0.5) is 14.5 Å². The number of non-ortho nitro benzene ring substituents is 1. The lowest BCUT2D eigenvalue weighted by atomic mass is 10.1. The van der Waals surface area contributed by atoms with Gasteiger partial charge in [-0.15, -0.1) is 0 Å². The number of esters is 1. The monoisotopic (exact) mass is 354 g/mol. The number of thioether (sulfide) groups is 1. The van der Waals surface area contributed by atoms with Crippen molar-refractivity contribution in [2.45, 2.75) is 23.8 Å². The predicted octanol–water partition coefficient (Wildman–Crippen LogP) is 4.22. The summed E-state index contributed by atoms with van der Waals surface area (Å²) in [6, 6.07) is 8.42. The second kappa shape index (κ2) is 7.82. The van der Waals surface area contributed by atoms with E-state index in [0.717, 1.165) is 0 Å². The van der Waals surface area contributed by atoms with Crippen LogP contribution in [-0.2, 0) is 4.74 Å². The number of alkyl halides is 2. The van der Waals surface area contributed by atoms with Crippen LogP contribution in [0.3, 0.4) is 0 Å². The first-order valence-corrected chi connectivity index (χ1v) is 7.61. The highest BCUT2D eigenvalue weighted by Crippen LogP contribution is 2.28. The molecule has 0 bridgehead atoms. The van der Waals surface area contributed by atoms with Crippen LogP contribution in [0.5, 0.6) is 0 Å². The van der Waals surface area contributed by atoms with Gasteiger partial charge >= 0.3 is 5.97 Å². The van der Waals surface area contributed by atoms with Crippen LogP contribution in [-0.4, -0.2) is 21.6 Å². The Balaban J connectivity index is 2.18. The highest BCUT2D eigenvalue weighted by molar-refractivity contribution is 7.99. The number of carbonyl (C=O) groups excluding carboxylic acids is 1. The van der Waals surface area contributed by atoms with Crippen LogP contribution < -0.4 is 0 Å². The van der Waals surface area contributed by atoms with Crippen molar-refractivity contribution < 1.29 is 23.2 Å². The average Bonchev–Trinajstić information content (AvgIpc) is 2.54. The normalized spacial score (nSPS) is 12.0. The van der Waals surface area contributed by atoms with Crippen LogP contribution in [0, 0.1) is 10.1 Å². The molecule has 1 atom stereocenters. The summed E-state index contributed by atoms with van der Waals surface area (Å²) in [5.41, 5.74) is 0.204. The first kappa shape index (κ1) is 17.8. The van der Waals surface area contributed by atoms with Crippen molar-refractivity contribution in [1.82, 2.24) is 4.98 Å². The molecule has 1 unspecified atom stereocenters. The molecule has 2 aromatic rings. The number of benzene rings is 1. The standard InChI is InChI=1S/C15H12F2N2O4S/c1-9(10-4-2-5-11(8-10)19(21)22)23-14(20)12-6-3-7-18-13(12)24-15(16)17/h2-9,15H,1H3. The third-order valence-corrected chi connectivity index (χ3v) is 3.75. The zero-order chi connectivity index (χ0) is 17.7. The molecule has 0 aliphatic rings. The number of aromatic nitrogens is 1. The third-order valence-electron chi connectivity index (χ3n) is 3.03. The van der Waals surface area contributed by atoms with Gasteiger partial charge in [0.25, 0.3) is 11.4 Å². The highest BCUT2D eigenvalue weighted by Gasteiger charge is 2.21. The zero-order valence-corrected chi connectivity index (χ0v) is 13.2. The van der Waals surface area contributed by atoms with Gasteiger partial charge in [0.1, 0.15) is 11.1 Å². The van der Waals surface area contributed by atoms with E-state index < -0.39 is 22.8 Å². The Morgan fingerprint density at radius 2 is 2.08 bits per heavy atom. The third kappa shape index (κ3) is 4.48. The molecule has 0 amide bonds. The van der Waals surface area contributed by atoms with Gasteiger partial charge in [0, 0.05) is 18.3 Å². The number of ether oxygens (including phenoxy) is 1. The molecule has 24 heavy (non-hydrogen) atoms. The molecule has 6 nitrogen and oxygen atoms in total. The molecule has 1 aromatic heterocycles. The Morgan fingerprint density at radius 1 is 1.33 bits per heavy atom. The SMILES string of the molecule is CC(OC(=O)c1cccnc1SC(F)F)c1cccc([N+](=O)[O-])c1. The smallest absolute Gasteiger partial charge is 0.341 e. The van der Waals surface area contributed by atoms with Crippen molar-refractivity contribution in [1.29, 1.82) is 0 Å². The number of hydrogen-bond acceptors (Lipinski definition) is 6. The minimum atomic E-state index is -2.72. The van der Waals surface area contributed by atoms with E-state index in [-0.39, 0.29) is 28.0 Å². The van der Waals surface area contributed by atoms with E-state index in [4.69, 9.17) is 4.74 Å². The minimum Gasteiger partial charge on any atom is -0.454 e. The van der Waals surface area contributed by atoms with E-state index in [2.05, 4.69) is 4.98 Å². The van der Waals surface area contributed by atoms with Gasteiger partial charge in [0.2, 0.25) is 0 Å². The number of rotatable bonds is 6. The van der Waals surface area contributed by atoms with Gasteiger partial charge in [-0.25, -0.2) is 9.78 Å². The second-order valence-electron chi connectivity index (χ2n) is 4.63. The van der Waals surface area contributed by atoms with E-state index in [1.165, 1.54) is 43.5 Å². The molecule has 0 aliphatic carbocycles. The van der Waals surface area contributed by atoms with Gasteiger partial charge in [-0.3, -0.25) is 10.1 Å². The molecule has 1 aromatic carbocycles. The predicted molar refractivity (Wildman–Crippen MR) is 83.0 cm³/mol. The van der Waals surface area contributed by atoms with E-state index in [1.54, 1.807) is 6.07 Å². The Kier molecular flexibility index (Phi) is 5.80. The summed E-state index contributed by atoms with van der Waals surface area (Å²) in [5, 5.41) is 10.6. The fourth-order valence-corrected chi connectivity index (χ4v) is 2.48. The second-order valence-corrected chi connectivity index (χ2v) is 5.61. The summed E-state index contributed by atoms with van der Waals surface area (Å²) in [6.07, 6.45) is 0.507. The Labute approximate surface area is 140 Å². The molecule has 0 saturated carbocycles. The first-order chi connectivity index (χ1) is 11.4. The van der Waals surface area contributed by atoms with Crippen molar-refractivity contribution in [2.75, 3.05) is 0 Å². The van der Waals surface area contributed by atoms with Crippen molar-refractivity contribution >= 4 is 23.4 Å². The van der Waals surface area contributed by atoms with Crippen LogP contribution in [0.2, 0.25) is 0 Å². The number of nitro benzene ring substituents is 1. The maximum Gasteiger partial charge on any atom is 0.341 e. The molecule has 0 spiro atoms. The van der Waals surface area contributed by atoms with Crippen molar-refractivity contribution in [3.8, 4) is 0 Å². The Hall–Kier alpha value is -2.55. The quantitative estimate of drug-likeness (QED) is 0.334. The highest BCUT2D eigenvalue weighted by atomic mass is 32.2. The maximum atomic E-state index is 12.5. The molecule has 0 aliphatic heterocycles. The van der Waals surface area contributed by atoms with Gasteiger partial charge in [-0.1, -0.05) is 12.1 Å². The molecule has 0 radical (unpaired) electrons. The molecule has 0 N–H and O–H groups in total. The van der Waals surface area contributed by atoms with Crippen LogP contribution in [0.15, 0.2) is 47.6 Å². The lowest BCUT2D eigenvalue weighted by molar-refractivity contribution is -0.385. The van der Waals surface area contributed by atoms with Crippen molar-refractivity contribution in [3.63, 3.8) is 0 Å². The molecular weight excluding hydrogens is 342 g/mol. The summed E-state index contributed by atoms with van der Waals surface area (Å²) in [6.45, 7) is 1.53. The zero-order valence-electron chi connectivity index (χ0n) is 12.4. The summed E-state index contributed by atoms with van der Waals surface area (Å²) in [7, 11) is 0. The van der Waals surface area contributed by atoms with E-state index >= 15 is 0 Å². The van der Waals surface area contributed by atoms with Gasteiger partial charge in [0.05, 0.1) is 10.5 Å². The van der Waals surface area contributed by atoms with E-state index in [1.807, 2.05) is 0 Å². The fraction of sp³-hybridized carbons (Fsp3) is 0.200. The van der Waals surface area contributed by atoms with Crippen LogP contribution in [0.25, 0.3) is 0 Å². The number of nitro groups is 1. The minimum absolute atomic E-state index is 0.0833. The number of nitrogens with zero attached hydrogens (tertiary/aromatic N) is 2. The lowest BCUT2D eigenvalue weighted by Crippen LogP contribution is -2.11. The van der Waals surface area contributed by atoms with Crippen molar-refractivity contribution in [3.05, 3.63) is 63.8 Å². The fourth-order valence-electron chi connectivity index (χ4n) is 1.91. The summed E-state index contributed by atoms with van der Waals surface area (Å²) < 4.78 is 30.3. The molecule has 1 heterocycles. The Bertz CT molecular complexity index is 758. The summed E-state index contributed by atoms with van der Waals surface area (Å²) in [5.74, 6) is -3.55.